The van der Waals surface area contributed by atoms with Crippen molar-refractivity contribution in [1.82, 2.24) is 0 Å². The summed E-state index contributed by atoms with van der Waals surface area (Å²) in [5, 5.41) is 12.9. The molecule has 10 aromatic rings. The van der Waals surface area contributed by atoms with E-state index in [4.69, 9.17) is 4.42 Å². The highest BCUT2D eigenvalue weighted by Crippen LogP contribution is 2.66. The van der Waals surface area contributed by atoms with E-state index >= 15 is 0 Å². The molecule has 0 N–H and O–H groups in total. The van der Waals surface area contributed by atoms with Crippen LogP contribution in [-0.4, -0.2) is 0 Å². The van der Waals surface area contributed by atoms with Gasteiger partial charge in [0.05, 0.1) is 5.41 Å². The minimum Gasteiger partial charge on any atom is -0.455 e. The summed E-state index contributed by atoms with van der Waals surface area (Å²) in [4.78, 5) is 0. The van der Waals surface area contributed by atoms with Gasteiger partial charge in [-0.25, -0.2) is 0 Å². The van der Waals surface area contributed by atoms with E-state index in [9.17, 15) is 0 Å². The summed E-state index contributed by atoms with van der Waals surface area (Å²) in [6.07, 6.45) is 0. The molecule has 9 aromatic carbocycles. The molecule has 0 fully saturated rings. The van der Waals surface area contributed by atoms with Crippen molar-refractivity contribution < 1.29 is 4.42 Å². The van der Waals surface area contributed by atoms with Gasteiger partial charge in [-0.1, -0.05) is 121 Å². The Bertz CT molecular complexity index is 3010. The lowest BCUT2D eigenvalue weighted by Gasteiger charge is -2.52. The summed E-state index contributed by atoms with van der Waals surface area (Å²) in [6.45, 7) is 0. The molecule has 1 nitrogen and oxygen atoms in total. The molecule has 0 radical (unpaired) electrons. The lowest BCUT2D eigenvalue weighted by atomic mass is 9.49. The summed E-state index contributed by atoms with van der Waals surface area (Å²) in [5.41, 5.74) is 12.2. The topological polar surface area (TPSA) is 13.1 Å². The molecule has 1 unspecified atom stereocenters. The summed E-state index contributed by atoms with van der Waals surface area (Å²) >= 11 is 0. The molecule has 0 amide bonds. The standard InChI is InChI=1S/C47H26O/c1-3-14-33-27(10-1)22-28-11-2-4-15-34(28)43(33)32-24-30-13-8-20-39-45(30)41(26-32)47(39)38-19-7-12-29-23-31(25-40(47)44(29)38)35-17-9-18-37-36-16-5-6-21-42(36)48-46(35)37/h1-26H. The fourth-order valence-corrected chi connectivity index (χ4v) is 9.42. The second-order valence-electron chi connectivity index (χ2n) is 13.6. The van der Waals surface area contributed by atoms with Crippen LogP contribution in [0.15, 0.2) is 162 Å². The summed E-state index contributed by atoms with van der Waals surface area (Å²) in [6, 6.07) is 58.5. The molecule has 48 heavy (non-hydrogen) atoms. The number of rotatable bonds is 2. The lowest BCUT2D eigenvalue weighted by molar-refractivity contribution is 0.670. The highest BCUT2D eigenvalue weighted by molar-refractivity contribution is 6.17. The van der Waals surface area contributed by atoms with Crippen LogP contribution in [0.25, 0.3) is 87.3 Å². The van der Waals surface area contributed by atoms with E-state index in [-0.39, 0.29) is 5.41 Å². The Morgan fingerprint density at radius 3 is 1.62 bits per heavy atom. The molecule has 1 heteroatoms. The normalized spacial score (nSPS) is 16.0. The first-order valence-electron chi connectivity index (χ1n) is 16.8. The van der Waals surface area contributed by atoms with Crippen molar-refractivity contribution in [3.63, 3.8) is 0 Å². The van der Waals surface area contributed by atoms with Gasteiger partial charge in [-0.2, -0.15) is 0 Å². The maximum absolute atomic E-state index is 6.54. The molecule has 0 saturated carbocycles. The molecule has 1 heterocycles. The van der Waals surface area contributed by atoms with Gasteiger partial charge >= 0.3 is 0 Å². The maximum atomic E-state index is 6.54. The third kappa shape index (κ3) is 2.86. The Hall–Kier alpha value is -6.18. The number of benzene rings is 9. The third-order valence-electron chi connectivity index (χ3n) is 11.3. The highest BCUT2D eigenvalue weighted by atomic mass is 16.3. The van der Waals surface area contributed by atoms with Crippen LogP contribution >= 0.6 is 0 Å². The van der Waals surface area contributed by atoms with Crippen molar-refractivity contribution in [2.24, 2.45) is 0 Å². The quantitative estimate of drug-likeness (QED) is 0.178. The lowest BCUT2D eigenvalue weighted by Crippen LogP contribution is -2.43. The minimum absolute atomic E-state index is 0.252. The van der Waals surface area contributed by atoms with Crippen molar-refractivity contribution in [3.05, 3.63) is 180 Å². The number of furan rings is 1. The predicted molar refractivity (Wildman–Crippen MR) is 200 cm³/mol. The molecule has 2 aliphatic carbocycles. The van der Waals surface area contributed by atoms with E-state index in [1.54, 1.807) is 0 Å². The van der Waals surface area contributed by atoms with Crippen LogP contribution in [0.5, 0.6) is 0 Å². The van der Waals surface area contributed by atoms with Crippen LogP contribution in [0.2, 0.25) is 0 Å². The van der Waals surface area contributed by atoms with Gasteiger partial charge in [0, 0.05) is 16.3 Å². The van der Waals surface area contributed by atoms with Crippen LogP contribution in [0.4, 0.5) is 0 Å². The van der Waals surface area contributed by atoms with E-state index < -0.39 is 0 Å². The van der Waals surface area contributed by atoms with Crippen LogP contribution in [0.3, 0.4) is 0 Å². The van der Waals surface area contributed by atoms with Crippen molar-refractivity contribution >= 4 is 65.0 Å². The van der Waals surface area contributed by atoms with E-state index in [2.05, 4.69) is 152 Å². The third-order valence-corrected chi connectivity index (χ3v) is 11.3. The molecule has 2 aliphatic rings. The fraction of sp³-hybridized carbons (Fsp3) is 0.0213. The second-order valence-corrected chi connectivity index (χ2v) is 13.6. The predicted octanol–water partition coefficient (Wildman–Crippen LogP) is 12.5. The monoisotopic (exact) mass is 606 g/mol. The molecule has 0 saturated heterocycles. The number of hydrogen-bond donors (Lipinski definition) is 0. The van der Waals surface area contributed by atoms with Gasteiger partial charge in [0.2, 0.25) is 0 Å². The van der Waals surface area contributed by atoms with Crippen LogP contribution in [0.1, 0.15) is 22.3 Å². The molecule has 1 aromatic heterocycles. The molecular weight excluding hydrogens is 581 g/mol. The van der Waals surface area contributed by atoms with E-state index in [1.807, 2.05) is 6.07 Å². The first-order valence-corrected chi connectivity index (χ1v) is 16.8. The van der Waals surface area contributed by atoms with E-state index in [0.29, 0.717) is 0 Å². The Morgan fingerprint density at radius 1 is 0.375 bits per heavy atom. The van der Waals surface area contributed by atoms with Crippen molar-refractivity contribution in [3.8, 4) is 22.3 Å². The summed E-state index contributed by atoms with van der Waals surface area (Å²) in [5.74, 6) is 0. The average molecular weight is 607 g/mol. The second kappa shape index (κ2) is 8.59. The van der Waals surface area contributed by atoms with Gasteiger partial charge in [-0.15, -0.1) is 0 Å². The van der Waals surface area contributed by atoms with E-state index in [1.165, 1.54) is 82.0 Å². The van der Waals surface area contributed by atoms with Gasteiger partial charge in [-0.3, -0.25) is 0 Å². The molecule has 1 spiro atoms. The number of para-hydroxylation sites is 2. The van der Waals surface area contributed by atoms with Gasteiger partial charge in [0.1, 0.15) is 11.2 Å². The highest BCUT2D eigenvalue weighted by Gasteiger charge is 2.55. The Morgan fingerprint density at radius 2 is 0.917 bits per heavy atom. The van der Waals surface area contributed by atoms with E-state index in [0.717, 1.165) is 27.5 Å². The maximum Gasteiger partial charge on any atom is 0.143 e. The summed E-state index contributed by atoms with van der Waals surface area (Å²) < 4.78 is 6.54. The van der Waals surface area contributed by atoms with Crippen molar-refractivity contribution in [2.75, 3.05) is 0 Å². The minimum atomic E-state index is -0.252. The van der Waals surface area contributed by atoms with Gasteiger partial charge in [0.25, 0.3) is 0 Å². The summed E-state index contributed by atoms with van der Waals surface area (Å²) in [7, 11) is 0. The smallest absolute Gasteiger partial charge is 0.143 e. The van der Waals surface area contributed by atoms with Gasteiger partial charge < -0.3 is 4.42 Å². The molecular formula is C47H26O. The SMILES string of the molecule is c1ccc2c(-c3cc4c5c(cccc5c3)C43c4cccc5cc(-c6cccc7c6oc6ccccc67)cc3c45)c3ccccc3cc2c1. The molecule has 1 atom stereocenters. The van der Waals surface area contributed by atoms with Gasteiger partial charge in [-0.05, 0) is 118 Å². The van der Waals surface area contributed by atoms with Crippen molar-refractivity contribution in [1.29, 1.82) is 0 Å². The first kappa shape index (κ1) is 25.0. The zero-order valence-electron chi connectivity index (χ0n) is 25.9. The Labute approximate surface area is 276 Å². The zero-order valence-corrected chi connectivity index (χ0v) is 25.9. The molecule has 0 aliphatic heterocycles. The Kier molecular flexibility index (Phi) is 4.47. The van der Waals surface area contributed by atoms with Gasteiger partial charge in [0.15, 0.2) is 0 Å². The average Bonchev–Trinajstić information content (AvgIpc) is 3.51. The van der Waals surface area contributed by atoms with Crippen LogP contribution in [-0.2, 0) is 5.41 Å². The number of fused-ring (bicyclic) bond motifs is 9. The zero-order chi connectivity index (χ0) is 31.1. The molecule has 220 valence electrons. The molecule has 0 bridgehead atoms. The van der Waals surface area contributed by atoms with Crippen LogP contribution < -0.4 is 0 Å². The largest absolute Gasteiger partial charge is 0.455 e. The number of hydrogen-bond acceptors (Lipinski definition) is 1. The molecule has 12 rings (SSSR count). The first-order chi connectivity index (χ1) is 23.8. The van der Waals surface area contributed by atoms with Crippen LogP contribution in [0, 0.1) is 0 Å². The fourth-order valence-electron chi connectivity index (χ4n) is 9.42. The Balaban J connectivity index is 1.14. The van der Waals surface area contributed by atoms with Crippen molar-refractivity contribution in [2.45, 2.75) is 5.41 Å².